The van der Waals surface area contributed by atoms with Crippen LogP contribution >= 0.6 is 23.2 Å². The molecule has 1 fully saturated rings. The Morgan fingerprint density at radius 3 is 2.68 bits per heavy atom. The van der Waals surface area contributed by atoms with E-state index in [-0.39, 0.29) is 12.0 Å². The molecule has 38 heavy (non-hydrogen) atoms. The third kappa shape index (κ3) is 6.03. The van der Waals surface area contributed by atoms with Crippen molar-refractivity contribution >= 4 is 40.3 Å². The average molecular weight is 555 g/mol. The molecule has 10 heteroatoms. The Bertz CT molecular complexity index is 1470. The number of unbranched alkanes of at least 4 members (excludes halogenated alkanes) is 2. The minimum atomic E-state index is -0.785. The van der Waals surface area contributed by atoms with Gasteiger partial charge in [-0.2, -0.15) is 4.98 Å². The van der Waals surface area contributed by atoms with E-state index in [1.807, 2.05) is 47.0 Å². The maximum atomic E-state index is 10.7. The quantitative estimate of drug-likeness (QED) is 0.192. The Kier molecular flexibility index (Phi) is 7.72. The molecule has 1 aliphatic rings. The smallest absolute Gasteiger partial charge is 0.303 e. The summed E-state index contributed by atoms with van der Waals surface area (Å²) < 4.78 is 14.2. The highest BCUT2D eigenvalue weighted by Crippen LogP contribution is 2.42. The summed E-state index contributed by atoms with van der Waals surface area (Å²) in [7, 11) is 0. The van der Waals surface area contributed by atoms with Crippen molar-refractivity contribution in [2.24, 2.45) is 0 Å². The van der Waals surface area contributed by atoms with Crippen molar-refractivity contribution in [2.45, 2.75) is 57.6 Å². The number of ether oxygens (including phenoxy) is 2. The highest BCUT2D eigenvalue weighted by Gasteiger charge is 2.41. The molecule has 0 aliphatic heterocycles. The number of aliphatic carboxylic acids is 1. The lowest BCUT2D eigenvalue weighted by Gasteiger charge is -2.13. The number of carboxylic acids is 1. The first-order chi connectivity index (χ1) is 18.3. The number of halogens is 2. The molecule has 2 heterocycles. The predicted molar refractivity (Wildman–Crippen MR) is 146 cm³/mol. The molecule has 0 amide bonds. The summed E-state index contributed by atoms with van der Waals surface area (Å²) in [5.74, 6) is 0.817. The minimum absolute atomic E-state index is 0.160. The molecule has 4 aromatic rings. The zero-order valence-corrected chi connectivity index (χ0v) is 22.5. The standard InChI is InChI=1S/C28H28Cl2N4O4/c1-28(12-13-28)38-27-24-26(31-17-32-27)34(16-18-7-5-8-19(29)15-18)25(33-24)20-9-6-10-21(23(20)30)37-14-4-2-3-11-22(35)36/h5-10,15,17H,2-4,11-14,16H2,1H3,(H,35,36). The predicted octanol–water partition coefficient (Wildman–Crippen LogP) is 6.80. The summed E-state index contributed by atoms with van der Waals surface area (Å²) in [6, 6.07) is 13.2. The number of hydrogen-bond acceptors (Lipinski definition) is 6. The summed E-state index contributed by atoms with van der Waals surface area (Å²) >= 11 is 13.1. The van der Waals surface area contributed by atoms with Gasteiger partial charge in [-0.3, -0.25) is 4.79 Å². The molecule has 2 aromatic heterocycles. The molecular formula is C28H28Cl2N4O4. The minimum Gasteiger partial charge on any atom is -0.492 e. The number of benzene rings is 2. The van der Waals surface area contributed by atoms with Gasteiger partial charge < -0.3 is 19.1 Å². The summed E-state index contributed by atoms with van der Waals surface area (Å²) in [6.07, 6.45) is 5.70. The van der Waals surface area contributed by atoms with Gasteiger partial charge in [0.2, 0.25) is 5.88 Å². The van der Waals surface area contributed by atoms with Crippen molar-refractivity contribution in [3.8, 4) is 23.0 Å². The molecule has 198 valence electrons. The van der Waals surface area contributed by atoms with Crippen LogP contribution in [0.5, 0.6) is 11.6 Å². The van der Waals surface area contributed by atoms with Crippen molar-refractivity contribution in [3.63, 3.8) is 0 Å². The van der Waals surface area contributed by atoms with Crippen LogP contribution in [0, 0.1) is 0 Å². The molecule has 0 unspecified atom stereocenters. The second-order valence-electron chi connectivity index (χ2n) is 9.73. The Morgan fingerprint density at radius 2 is 1.92 bits per heavy atom. The zero-order valence-electron chi connectivity index (χ0n) is 21.0. The maximum Gasteiger partial charge on any atom is 0.303 e. The van der Waals surface area contributed by atoms with Gasteiger partial charge in [-0.1, -0.05) is 41.4 Å². The Labute approximate surface area is 230 Å². The fourth-order valence-electron chi connectivity index (χ4n) is 4.21. The van der Waals surface area contributed by atoms with Crippen LogP contribution < -0.4 is 9.47 Å². The molecular weight excluding hydrogens is 527 g/mol. The van der Waals surface area contributed by atoms with Gasteiger partial charge in [0.25, 0.3) is 0 Å². The van der Waals surface area contributed by atoms with Crippen LogP contribution in [0.2, 0.25) is 10.0 Å². The van der Waals surface area contributed by atoms with E-state index in [1.54, 1.807) is 0 Å². The highest BCUT2D eigenvalue weighted by molar-refractivity contribution is 6.34. The van der Waals surface area contributed by atoms with Gasteiger partial charge in [-0.05, 0) is 68.9 Å². The molecule has 8 nitrogen and oxygen atoms in total. The SMILES string of the molecule is CC1(Oc2ncnc3c2nc(-c2cccc(OCCCCCC(=O)O)c2Cl)n3Cc2cccc(Cl)c2)CC1. The number of aromatic nitrogens is 4. The molecule has 0 atom stereocenters. The van der Waals surface area contributed by atoms with E-state index < -0.39 is 5.97 Å². The lowest BCUT2D eigenvalue weighted by atomic mass is 10.1. The second-order valence-corrected chi connectivity index (χ2v) is 10.5. The molecule has 1 N–H and O–H groups in total. The first-order valence-corrected chi connectivity index (χ1v) is 13.4. The van der Waals surface area contributed by atoms with Gasteiger partial charge in [0, 0.05) is 17.0 Å². The van der Waals surface area contributed by atoms with E-state index in [0.717, 1.165) is 31.2 Å². The van der Waals surface area contributed by atoms with E-state index in [4.69, 9.17) is 42.8 Å². The van der Waals surface area contributed by atoms with Crippen LogP contribution in [-0.4, -0.2) is 42.8 Å². The number of carbonyl (C=O) groups is 1. The number of nitrogens with zero attached hydrogens (tertiary/aromatic N) is 4. The number of carboxylic acid groups (broad SMARTS) is 1. The molecule has 0 spiro atoms. The summed E-state index contributed by atoms with van der Waals surface area (Å²) in [5.41, 5.74) is 2.65. The van der Waals surface area contributed by atoms with Crippen molar-refractivity contribution in [1.82, 2.24) is 19.5 Å². The zero-order chi connectivity index (χ0) is 26.7. The summed E-state index contributed by atoms with van der Waals surface area (Å²) in [4.78, 5) is 24.6. The van der Waals surface area contributed by atoms with Gasteiger partial charge in [0.15, 0.2) is 11.2 Å². The average Bonchev–Trinajstić information content (AvgIpc) is 3.50. The fraction of sp³-hybridized carbons (Fsp3) is 0.357. The van der Waals surface area contributed by atoms with E-state index in [2.05, 4.69) is 16.9 Å². The van der Waals surface area contributed by atoms with Crippen molar-refractivity contribution in [3.05, 3.63) is 64.4 Å². The summed E-state index contributed by atoms with van der Waals surface area (Å²) in [6.45, 7) is 2.96. The molecule has 0 saturated heterocycles. The van der Waals surface area contributed by atoms with Crippen LogP contribution in [0.4, 0.5) is 0 Å². The Balaban J connectivity index is 1.49. The lowest BCUT2D eigenvalue weighted by Crippen LogP contribution is -2.13. The van der Waals surface area contributed by atoms with E-state index in [0.29, 0.717) is 63.8 Å². The first-order valence-electron chi connectivity index (χ1n) is 12.6. The van der Waals surface area contributed by atoms with Crippen LogP contribution in [-0.2, 0) is 11.3 Å². The second kappa shape index (κ2) is 11.2. The number of fused-ring (bicyclic) bond motifs is 1. The van der Waals surface area contributed by atoms with E-state index in [9.17, 15) is 4.79 Å². The van der Waals surface area contributed by atoms with Crippen molar-refractivity contribution < 1.29 is 19.4 Å². The van der Waals surface area contributed by atoms with Crippen molar-refractivity contribution in [2.75, 3.05) is 6.61 Å². The first kappa shape index (κ1) is 26.3. The lowest BCUT2D eigenvalue weighted by molar-refractivity contribution is -0.137. The fourth-order valence-corrected chi connectivity index (χ4v) is 4.69. The molecule has 1 saturated carbocycles. The molecule has 0 bridgehead atoms. The third-order valence-electron chi connectivity index (χ3n) is 6.52. The number of rotatable bonds is 12. The van der Waals surface area contributed by atoms with Gasteiger partial charge in [0.1, 0.15) is 23.5 Å². The van der Waals surface area contributed by atoms with Gasteiger partial charge in [-0.25, -0.2) is 9.97 Å². The Hall–Kier alpha value is -3.36. The van der Waals surface area contributed by atoms with Crippen LogP contribution in [0.3, 0.4) is 0 Å². The number of hydrogen-bond donors (Lipinski definition) is 1. The molecule has 2 aromatic carbocycles. The van der Waals surface area contributed by atoms with Crippen LogP contribution in [0.25, 0.3) is 22.6 Å². The third-order valence-corrected chi connectivity index (χ3v) is 7.15. The van der Waals surface area contributed by atoms with Gasteiger partial charge in [-0.15, -0.1) is 0 Å². The van der Waals surface area contributed by atoms with E-state index >= 15 is 0 Å². The molecule has 1 aliphatic carbocycles. The van der Waals surface area contributed by atoms with E-state index in [1.165, 1.54) is 6.33 Å². The normalized spacial score (nSPS) is 14.0. The largest absolute Gasteiger partial charge is 0.492 e. The van der Waals surface area contributed by atoms with Gasteiger partial charge in [0.05, 0.1) is 18.2 Å². The topological polar surface area (TPSA) is 99.4 Å². The highest BCUT2D eigenvalue weighted by atomic mass is 35.5. The maximum absolute atomic E-state index is 10.7. The van der Waals surface area contributed by atoms with Crippen molar-refractivity contribution in [1.29, 1.82) is 0 Å². The number of imidazole rings is 1. The van der Waals surface area contributed by atoms with Crippen LogP contribution in [0.1, 0.15) is 51.0 Å². The molecule has 0 radical (unpaired) electrons. The molecule has 5 rings (SSSR count). The monoisotopic (exact) mass is 554 g/mol. The van der Waals surface area contributed by atoms with Gasteiger partial charge >= 0.3 is 5.97 Å². The van der Waals surface area contributed by atoms with Crippen LogP contribution in [0.15, 0.2) is 48.8 Å². The Morgan fingerprint density at radius 1 is 1.11 bits per heavy atom. The summed E-state index contributed by atoms with van der Waals surface area (Å²) in [5, 5.41) is 9.88.